The van der Waals surface area contributed by atoms with Gasteiger partial charge in [0.05, 0.1) is 10.8 Å². The van der Waals surface area contributed by atoms with Crippen LogP contribution in [0.15, 0.2) is 53.5 Å². The first-order chi connectivity index (χ1) is 16.3. The minimum atomic E-state index is 0.781. The number of thiocarbonyl (C=S) groups is 1. The first-order valence-electron chi connectivity index (χ1n) is 13.5. The Morgan fingerprint density at radius 1 is 0.727 bits per heavy atom. The van der Waals surface area contributed by atoms with Crippen LogP contribution in [-0.4, -0.2) is 5.16 Å². The highest BCUT2D eigenvalue weighted by molar-refractivity contribution is 7.78. The van der Waals surface area contributed by atoms with Gasteiger partial charge in [-0.3, -0.25) is 0 Å². The van der Waals surface area contributed by atoms with E-state index in [-0.39, 0.29) is 0 Å². The predicted molar refractivity (Wildman–Crippen MR) is 147 cm³/mol. The lowest BCUT2D eigenvalue weighted by atomic mass is 9.77. The molecule has 0 amide bonds. The highest BCUT2D eigenvalue weighted by Crippen LogP contribution is 2.37. The van der Waals surface area contributed by atoms with E-state index in [0.29, 0.717) is 0 Å². The largest absolute Gasteiger partial charge is 0.195 e. The number of rotatable bonds is 14. The summed E-state index contributed by atoms with van der Waals surface area (Å²) >= 11 is 4.67. The van der Waals surface area contributed by atoms with Gasteiger partial charge >= 0.3 is 0 Å². The lowest BCUT2D eigenvalue weighted by Gasteiger charge is -2.29. The fraction of sp³-hybridized carbons (Fsp3) is 0.581. The summed E-state index contributed by atoms with van der Waals surface area (Å²) < 4.78 is 0. The summed E-state index contributed by atoms with van der Waals surface area (Å²) in [5.74, 6) is 1.77. The molecule has 0 N–H and O–H groups in total. The van der Waals surface area contributed by atoms with Gasteiger partial charge in [-0.05, 0) is 91.4 Å². The summed E-state index contributed by atoms with van der Waals surface area (Å²) in [6, 6.07) is 17.8. The van der Waals surface area contributed by atoms with E-state index in [4.69, 9.17) is 0 Å². The molecule has 178 valence electrons. The fourth-order valence-electron chi connectivity index (χ4n) is 5.39. The van der Waals surface area contributed by atoms with Gasteiger partial charge in [0, 0.05) is 0 Å². The molecular formula is C31H43NS. The number of isothiocyanates is 1. The maximum absolute atomic E-state index is 4.67. The van der Waals surface area contributed by atoms with Crippen LogP contribution in [0, 0.1) is 5.92 Å². The molecule has 1 nitrogen and oxygen atoms in total. The Hall–Kier alpha value is -1.76. The molecule has 0 bridgehead atoms. The van der Waals surface area contributed by atoms with Crippen LogP contribution in [0.1, 0.15) is 113 Å². The molecule has 1 aliphatic carbocycles. The lowest BCUT2D eigenvalue weighted by Crippen LogP contribution is -2.13. The van der Waals surface area contributed by atoms with Crippen molar-refractivity contribution >= 4 is 23.1 Å². The first kappa shape index (κ1) is 25.9. The SMILES string of the molecule is CCCCCCCCCCC1CCC(c2ccc(CCc3ccc(N=C=S)cc3)cc2)CC1. The highest BCUT2D eigenvalue weighted by Gasteiger charge is 2.22. The summed E-state index contributed by atoms with van der Waals surface area (Å²) in [6.45, 7) is 2.30. The molecular weight excluding hydrogens is 418 g/mol. The zero-order chi connectivity index (χ0) is 23.1. The molecule has 1 aliphatic rings. The molecule has 0 spiro atoms. The molecule has 2 aromatic carbocycles. The molecule has 2 aromatic rings. The van der Waals surface area contributed by atoms with Crippen LogP contribution in [0.3, 0.4) is 0 Å². The first-order valence-corrected chi connectivity index (χ1v) is 13.9. The second kappa shape index (κ2) is 15.2. The van der Waals surface area contributed by atoms with Crippen LogP contribution < -0.4 is 0 Å². The third-order valence-corrected chi connectivity index (χ3v) is 7.67. The number of hydrogen-bond donors (Lipinski definition) is 0. The maximum Gasteiger partial charge on any atom is 0.0739 e. The van der Waals surface area contributed by atoms with Gasteiger partial charge < -0.3 is 0 Å². The summed E-state index contributed by atoms with van der Waals surface area (Å²) in [6.07, 6.45) is 20.8. The molecule has 0 unspecified atom stereocenters. The minimum absolute atomic E-state index is 0.781. The number of aryl methyl sites for hydroxylation is 2. The van der Waals surface area contributed by atoms with Crippen LogP contribution in [0.5, 0.6) is 0 Å². The zero-order valence-electron chi connectivity index (χ0n) is 20.7. The van der Waals surface area contributed by atoms with Gasteiger partial charge in [-0.2, -0.15) is 4.99 Å². The van der Waals surface area contributed by atoms with Crippen LogP contribution in [0.25, 0.3) is 0 Å². The third kappa shape index (κ3) is 9.55. The predicted octanol–water partition coefficient (Wildman–Crippen LogP) is 10.0. The van der Waals surface area contributed by atoms with Gasteiger partial charge in [-0.25, -0.2) is 0 Å². The molecule has 0 radical (unpaired) electrons. The van der Waals surface area contributed by atoms with Crippen molar-refractivity contribution in [2.45, 2.75) is 109 Å². The van der Waals surface area contributed by atoms with E-state index in [2.05, 4.69) is 65.7 Å². The molecule has 33 heavy (non-hydrogen) atoms. The average molecular weight is 462 g/mol. The Balaban J connectivity index is 1.31. The number of benzene rings is 2. The second-order valence-corrected chi connectivity index (χ2v) is 10.3. The Morgan fingerprint density at radius 3 is 1.85 bits per heavy atom. The summed E-state index contributed by atoms with van der Waals surface area (Å²) in [7, 11) is 0. The quantitative estimate of drug-likeness (QED) is 0.155. The molecule has 0 atom stereocenters. The smallest absolute Gasteiger partial charge is 0.0739 e. The Labute approximate surface area is 208 Å². The normalized spacial score (nSPS) is 18.1. The summed E-state index contributed by atoms with van der Waals surface area (Å²) in [5, 5.41) is 2.42. The van der Waals surface area contributed by atoms with Crippen molar-refractivity contribution in [1.82, 2.24) is 0 Å². The van der Waals surface area contributed by atoms with E-state index in [1.165, 1.54) is 94.6 Å². The van der Waals surface area contributed by atoms with Gasteiger partial charge in [0.15, 0.2) is 0 Å². The van der Waals surface area contributed by atoms with Crippen molar-refractivity contribution in [3.05, 3.63) is 65.2 Å². The molecule has 1 fully saturated rings. The molecule has 3 rings (SSSR count). The fourth-order valence-corrected chi connectivity index (χ4v) is 5.49. The van der Waals surface area contributed by atoms with Crippen molar-refractivity contribution in [1.29, 1.82) is 0 Å². The van der Waals surface area contributed by atoms with Crippen molar-refractivity contribution in [3.63, 3.8) is 0 Å². The molecule has 0 aromatic heterocycles. The molecule has 0 heterocycles. The van der Waals surface area contributed by atoms with Crippen molar-refractivity contribution in [2.75, 3.05) is 0 Å². The second-order valence-electron chi connectivity index (χ2n) is 10.1. The van der Waals surface area contributed by atoms with Crippen molar-refractivity contribution in [3.8, 4) is 0 Å². The summed E-state index contributed by atoms with van der Waals surface area (Å²) in [4.78, 5) is 4.02. The van der Waals surface area contributed by atoms with E-state index in [1.54, 1.807) is 5.56 Å². The number of nitrogens with zero attached hydrogens (tertiary/aromatic N) is 1. The monoisotopic (exact) mass is 461 g/mol. The van der Waals surface area contributed by atoms with Crippen LogP contribution in [0.4, 0.5) is 5.69 Å². The van der Waals surface area contributed by atoms with Crippen LogP contribution in [-0.2, 0) is 12.8 Å². The highest BCUT2D eigenvalue weighted by atomic mass is 32.1. The Kier molecular flexibility index (Phi) is 11.9. The van der Waals surface area contributed by atoms with Crippen LogP contribution in [0.2, 0.25) is 0 Å². The third-order valence-electron chi connectivity index (χ3n) is 7.58. The van der Waals surface area contributed by atoms with E-state index in [1.807, 2.05) is 12.1 Å². The maximum atomic E-state index is 4.67. The van der Waals surface area contributed by atoms with Gasteiger partial charge in [-0.1, -0.05) is 101 Å². The van der Waals surface area contributed by atoms with E-state index >= 15 is 0 Å². The number of unbranched alkanes of at least 4 members (excludes halogenated alkanes) is 7. The summed E-state index contributed by atoms with van der Waals surface area (Å²) in [5.41, 5.74) is 5.22. The van der Waals surface area contributed by atoms with Gasteiger partial charge in [0.1, 0.15) is 0 Å². The molecule has 0 aliphatic heterocycles. The minimum Gasteiger partial charge on any atom is -0.195 e. The molecule has 2 heteroatoms. The number of aliphatic imine (C=N–C) groups is 1. The van der Waals surface area contributed by atoms with Crippen molar-refractivity contribution < 1.29 is 0 Å². The van der Waals surface area contributed by atoms with E-state index < -0.39 is 0 Å². The Morgan fingerprint density at radius 2 is 1.27 bits per heavy atom. The van der Waals surface area contributed by atoms with Gasteiger partial charge in [0.2, 0.25) is 0 Å². The Bertz CT molecular complexity index is 824. The van der Waals surface area contributed by atoms with E-state index in [9.17, 15) is 0 Å². The van der Waals surface area contributed by atoms with E-state index in [0.717, 1.165) is 30.4 Å². The van der Waals surface area contributed by atoms with Crippen molar-refractivity contribution in [2.24, 2.45) is 10.9 Å². The molecule has 1 saturated carbocycles. The average Bonchev–Trinajstić information content (AvgIpc) is 2.86. The molecule has 0 saturated heterocycles. The number of hydrogen-bond acceptors (Lipinski definition) is 2. The topological polar surface area (TPSA) is 12.4 Å². The standard InChI is InChI=1S/C31H43NS/c1-2-3-4-5-6-7-8-9-10-26-13-19-29(20-14-26)30-21-15-27(16-22-30)11-12-28-17-23-31(24-18-28)32-25-33/h15-18,21-24,26,29H,2-14,19-20H2,1H3. The van der Waals surface area contributed by atoms with Gasteiger partial charge in [-0.15, -0.1) is 0 Å². The van der Waals surface area contributed by atoms with Crippen LogP contribution >= 0.6 is 12.2 Å². The zero-order valence-corrected chi connectivity index (χ0v) is 21.6. The lowest BCUT2D eigenvalue weighted by molar-refractivity contribution is 0.301. The van der Waals surface area contributed by atoms with Gasteiger partial charge in [0.25, 0.3) is 0 Å².